The fraction of sp³-hybridized carbons (Fsp3) is 0.233. The normalized spacial score (nSPS) is 15.5. The second-order valence-electron chi connectivity index (χ2n) is 9.05. The van der Waals surface area contributed by atoms with Crippen LogP contribution >= 0.6 is 0 Å². The van der Waals surface area contributed by atoms with Crippen molar-refractivity contribution < 1.29 is 9.53 Å². The molecule has 1 aromatic heterocycles. The van der Waals surface area contributed by atoms with E-state index >= 15 is 0 Å². The first-order valence-corrected chi connectivity index (χ1v) is 12.3. The number of aromatic nitrogens is 2. The summed E-state index contributed by atoms with van der Waals surface area (Å²) in [6.45, 7) is 1.49. The largest absolute Gasteiger partial charge is 0.497 e. The van der Waals surface area contributed by atoms with Crippen molar-refractivity contribution in [3.05, 3.63) is 108 Å². The van der Waals surface area contributed by atoms with Crippen LogP contribution in [0.15, 0.2) is 97.1 Å². The SMILES string of the molecule is COc1ccc(-c2ccc(N3CCCC(C(=O)NC(c4ccccc4)c4ccccc4)C3)nn2)cc1. The van der Waals surface area contributed by atoms with Gasteiger partial charge in [-0.25, -0.2) is 0 Å². The Morgan fingerprint density at radius 1 is 0.889 bits per heavy atom. The highest BCUT2D eigenvalue weighted by molar-refractivity contribution is 5.80. The van der Waals surface area contributed by atoms with Gasteiger partial charge in [0.05, 0.1) is 24.8 Å². The summed E-state index contributed by atoms with van der Waals surface area (Å²) in [7, 11) is 1.65. The van der Waals surface area contributed by atoms with Crippen molar-refractivity contribution >= 4 is 11.7 Å². The van der Waals surface area contributed by atoms with Crippen LogP contribution in [0.2, 0.25) is 0 Å². The van der Waals surface area contributed by atoms with Crippen molar-refractivity contribution in [2.75, 3.05) is 25.1 Å². The summed E-state index contributed by atoms with van der Waals surface area (Å²) in [5.74, 6) is 1.56. The summed E-state index contributed by atoms with van der Waals surface area (Å²) in [4.78, 5) is 15.6. The van der Waals surface area contributed by atoms with E-state index in [0.29, 0.717) is 6.54 Å². The van der Waals surface area contributed by atoms with E-state index in [4.69, 9.17) is 4.74 Å². The number of nitrogens with one attached hydrogen (secondary N) is 1. The molecule has 0 saturated carbocycles. The Labute approximate surface area is 212 Å². The van der Waals surface area contributed by atoms with Gasteiger partial charge in [-0.3, -0.25) is 4.79 Å². The second kappa shape index (κ2) is 11.0. The molecular formula is C30H30N4O2. The zero-order valence-corrected chi connectivity index (χ0v) is 20.4. The molecule has 0 radical (unpaired) electrons. The molecule has 6 nitrogen and oxygen atoms in total. The lowest BCUT2D eigenvalue weighted by atomic mass is 9.94. The van der Waals surface area contributed by atoms with Gasteiger partial charge in [0.15, 0.2) is 5.82 Å². The van der Waals surface area contributed by atoms with Gasteiger partial charge in [-0.15, -0.1) is 10.2 Å². The molecule has 1 aliphatic heterocycles. The first kappa shape index (κ1) is 23.5. The predicted octanol–water partition coefficient (Wildman–Crippen LogP) is 5.27. The summed E-state index contributed by atoms with van der Waals surface area (Å²) < 4.78 is 5.23. The number of hydrogen-bond acceptors (Lipinski definition) is 5. The van der Waals surface area contributed by atoms with E-state index in [1.807, 2.05) is 72.8 Å². The molecule has 1 unspecified atom stereocenters. The number of carbonyl (C=O) groups excluding carboxylic acids is 1. The third-order valence-electron chi connectivity index (χ3n) is 6.70. The summed E-state index contributed by atoms with van der Waals surface area (Å²) >= 11 is 0. The summed E-state index contributed by atoms with van der Waals surface area (Å²) in [6.07, 6.45) is 1.79. The molecule has 1 amide bonds. The average molecular weight is 479 g/mol. The number of carbonyl (C=O) groups is 1. The molecule has 0 aliphatic carbocycles. The van der Waals surface area contributed by atoms with Gasteiger partial charge in [-0.05, 0) is 60.4 Å². The summed E-state index contributed by atoms with van der Waals surface area (Å²) in [6, 6.07) is 31.8. The minimum atomic E-state index is -0.182. The van der Waals surface area contributed by atoms with Crippen molar-refractivity contribution in [3.8, 4) is 17.0 Å². The number of anilines is 1. The number of rotatable bonds is 7. The van der Waals surface area contributed by atoms with Crippen molar-refractivity contribution in [1.29, 1.82) is 0 Å². The lowest BCUT2D eigenvalue weighted by Crippen LogP contribution is -2.44. The van der Waals surface area contributed by atoms with E-state index in [1.54, 1.807) is 7.11 Å². The number of benzene rings is 3. The Balaban J connectivity index is 1.28. The van der Waals surface area contributed by atoms with E-state index in [9.17, 15) is 4.79 Å². The van der Waals surface area contributed by atoms with Gasteiger partial charge in [0.2, 0.25) is 5.91 Å². The molecule has 4 aromatic rings. The third kappa shape index (κ3) is 5.38. The second-order valence-corrected chi connectivity index (χ2v) is 9.05. The third-order valence-corrected chi connectivity index (χ3v) is 6.70. The maximum absolute atomic E-state index is 13.4. The van der Waals surface area contributed by atoms with Gasteiger partial charge in [0.1, 0.15) is 5.75 Å². The number of amides is 1. The summed E-state index contributed by atoms with van der Waals surface area (Å²) in [5, 5.41) is 12.2. The minimum absolute atomic E-state index is 0.0696. The van der Waals surface area contributed by atoms with Crippen molar-refractivity contribution in [2.24, 2.45) is 5.92 Å². The minimum Gasteiger partial charge on any atom is -0.497 e. The maximum atomic E-state index is 13.4. The smallest absolute Gasteiger partial charge is 0.225 e. The van der Waals surface area contributed by atoms with Gasteiger partial charge in [-0.2, -0.15) is 0 Å². The number of piperidine rings is 1. The highest BCUT2D eigenvalue weighted by Crippen LogP contribution is 2.27. The highest BCUT2D eigenvalue weighted by Gasteiger charge is 2.29. The van der Waals surface area contributed by atoms with Crippen molar-refractivity contribution in [1.82, 2.24) is 15.5 Å². The monoisotopic (exact) mass is 478 g/mol. The van der Waals surface area contributed by atoms with E-state index < -0.39 is 0 Å². The van der Waals surface area contributed by atoms with Crippen molar-refractivity contribution in [3.63, 3.8) is 0 Å². The van der Waals surface area contributed by atoms with E-state index in [2.05, 4.69) is 44.7 Å². The van der Waals surface area contributed by atoms with Crippen LogP contribution in [0.4, 0.5) is 5.82 Å². The molecule has 5 rings (SSSR count). The topological polar surface area (TPSA) is 67.3 Å². The standard InChI is InChI=1S/C30H30N4O2/c1-36-26-16-14-22(15-17-26)27-18-19-28(33-32-27)34-20-8-13-25(21-34)30(35)31-29(23-9-4-2-5-10-23)24-11-6-3-7-12-24/h2-7,9-12,14-19,25,29H,8,13,20-21H2,1H3,(H,31,35). The van der Waals surface area contributed by atoms with Crippen molar-refractivity contribution in [2.45, 2.75) is 18.9 Å². The molecule has 2 heterocycles. The van der Waals surface area contributed by atoms with Crippen LogP contribution in [0.5, 0.6) is 5.75 Å². The van der Waals surface area contributed by atoms with E-state index in [-0.39, 0.29) is 17.9 Å². The Morgan fingerprint density at radius 2 is 1.56 bits per heavy atom. The Morgan fingerprint density at radius 3 is 2.14 bits per heavy atom. The van der Waals surface area contributed by atoms with Gasteiger partial charge < -0.3 is 15.0 Å². The first-order chi connectivity index (χ1) is 17.7. The zero-order chi connectivity index (χ0) is 24.7. The van der Waals surface area contributed by atoms with E-state index in [0.717, 1.165) is 53.3 Å². The number of ether oxygens (including phenoxy) is 1. The highest BCUT2D eigenvalue weighted by atomic mass is 16.5. The molecule has 1 fully saturated rings. The Hall–Kier alpha value is -4.19. The average Bonchev–Trinajstić information content (AvgIpc) is 2.97. The van der Waals surface area contributed by atoms with Crippen LogP contribution in [-0.2, 0) is 4.79 Å². The molecule has 3 aromatic carbocycles. The molecule has 1 atom stereocenters. The van der Waals surface area contributed by atoms with Gasteiger partial charge in [0, 0.05) is 18.7 Å². The van der Waals surface area contributed by atoms with Gasteiger partial charge >= 0.3 is 0 Å². The van der Waals surface area contributed by atoms with Gasteiger partial charge in [0.25, 0.3) is 0 Å². The molecule has 0 spiro atoms. The number of nitrogens with zero attached hydrogens (tertiary/aromatic N) is 3. The van der Waals surface area contributed by atoms with Gasteiger partial charge in [-0.1, -0.05) is 60.7 Å². The van der Waals surface area contributed by atoms with Crippen LogP contribution in [0.25, 0.3) is 11.3 Å². The fourth-order valence-electron chi connectivity index (χ4n) is 4.72. The van der Waals surface area contributed by atoms with Crippen LogP contribution in [0.3, 0.4) is 0 Å². The maximum Gasteiger partial charge on any atom is 0.225 e. The van der Waals surface area contributed by atoms with E-state index in [1.165, 1.54) is 0 Å². The molecule has 1 N–H and O–H groups in total. The Kier molecular flexibility index (Phi) is 7.22. The quantitative estimate of drug-likeness (QED) is 0.392. The number of hydrogen-bond donors (Lipinski definition) is 1. The molecule has 36 heavy (non-hydrogen) atoms. The number of methoxy groups -OCH3 is 1. The molecule has 1 saturated heterocycles. The lowest BCUT2D eigenvalue weighted by Gasteiger charge is -2.33. The molecule has 182 valence electrons. The zero-order valence-electron chi connectivity index (χ0n) is 20.4. The van der Waals surface area contributed by atoms with Crippen LogP contribution in [-0.4, -0.2) is 36.3 Å². The lowest BCUT2D eigenvalue weighted by molar-refractivity contribution is -0.125. The molecule has 6 heteroatoms. The fourth-order valence-corrected chi connectivity index (χ4v) is 4.72. The summed E-state index contributed by atoms with van der Waals surface area (Å²) in [5.41, 5.74) is 3.94. The Bertz CT molecular complexity index is 1220. The van der Waals surface area contributed by atoms with Crippen LogP contribution < -0.4 is 15.0 Å². The van der Waals surface area contributed by atoms with Crippen LogP contribution in [0.1, 0.15) is 30.0 Å². The van der Waals surface area contributed by atoms with Crippen LogP contribution in [0, 0.1) is 5.92 Å². The first-order valence-electron chi connectivity index (χ1n) is 12.3. The molecular weight excluding hydrogens is 448 g/mol. The molecule has 0 bridgehead atoms. The molecule has 1 aliphatic rings. The predicted molar refractivity (Wildman–Crippen MR) is 142 cm³/mol.